The number of benzene rings is 2. The molecule has 10 heteroatoms. The zero-order chi connectivity index (χ0) is 26.5. The molecule has 5 rings (SSSR count). The van der Waals surface area contributed by atoms with Crippen molar-refractivity contribution < 1.29 is 23.8 Å². The number of hydrazone groups is 1. The Bertz CT molecular complexity index is 1530. The summed E-state index contributed by atoms with van der Waals surface area (Å²) in [5, 5.41) is 7.94. The zero-order valence-corrected chi connectivity index (χ0v) is 21.6. The van der Waals surface area contributed by atoms with Gasteiger partial charge in [-0.05, 0) is 47.4 Å². The molecule has 0 bridgehead atoms. The van der Waals surface area contributed by atoms with Crippen LogP contribution in [0.5, 0.6) is 11.5 Å². The van der Waals surface area contributed by atoms with E-state index in [1.807, 2.05) is 53.9 Å². The molecule has 9 nitrogen and oxygen atoms in total. The minimum atomic E-state index is -0.669. The number of ether oxygens (including phenoxy) is 3. The summed E-state index contributed by atoms with van der Waals surface area (Å²) in [5.41, 5.74) is 3.59. The maximum Gasteiger partial charge on any atom is 0.331 e. The first kappa shape index (κ1) is 25.1. The van der Waals surface area contributed by atoms with E-state index in [1.165, 1.54) is 17.2 Å². The Hall–Kier alpha value is -4.57. The SMILES string of the molecule is COc1ccc([C@@H]2CC(c3cccs3)=NN2C(=O)COC(=O)/C=C/c2cnc3ccccc3n2)cc1OC. The minimum absolute atomic E-state index is 0.387. The van der Waals surface area contributed by atoms with Crippen molar-refractivity contribution in [2.24, 2.45) is 5.10 Å². The third-order valence-electron chi connectivity index (χ3n) is 5.96. The Kier molecular flexibility index (Phi) is 7.41. The number of aromatic nitrogens is 2. The van der Waals surface area contributed by atoms with E-state index in [9.17, 15) is 9.59 Å². The van der Waals surface area contributed by atoms with E-state index in [0.717, 1.165) is 21.7 Å². The largest absolute Gasteiger partial charge is 0.493 e. The normalized spacial score (nSPS) is 15.1. The Balaban J connectivity index is 1.30. The van der Waals surface area contributed by atoms with Gasteiger partial charge in [0.2, 0.25) is 0 Å². The van der Waals surface area contributed by atoms with Crippen LogP contribution in [0.3, 0.4) is 0 Å². The van der Waals surface area contributed by atoms with Crippen LogP contribution in [-0.4, -0.2) is 53.4 Å². The number of rotatable bonds is 8. The van der Waals surface area contributed by atoms with Gasteiger partial charge in [-0.15, -0.1) is 11.3 Å². The summed E-state index contributed by atoms with van der Waals surface area (Å²) in [4.78, 5) is 35.3. The van der Waals surface area contributed by atoms with E-state index < -0.39 is 18.5 Å². The number of para-hydroxylation sites is 2. The molecule has 0 saturated carbocycles. The Morgan fingerprint density at radius 3 is 2.63 bits per heavy atom. The molecule has 0 N–H and O–H groups in total. The number of amides is 1. The lowest BCUT2D eigenvalue weighted by molar-refractivity contribution is -0.149. The van der Waals surface area contributed by atoms with E-state index in [2.05, 4.69) is 15.1 Å². The van der Waals surface area contributed by atoms with Crippen molar-refractivity contribution in [1.29, 1.82) is 0 Å². The number of nitrogens with zero attached hydrogens (tertiary/aromatic N) is 4. The average Bonchev–Trinajstić information content (AvgIpc) is 3.65. The van der Waals surface area contributed by atoms with E-state index in [-0.39, 0.29) is 6.04 Å². The maximum atomic E-state index is 13.2. The molecule has 0 aliphatic carbocycles. The summed E-state index contributed by atoms with van der Waals surface area (Å²) < 4.78 is 16.0. The van der Waals surface area contributed by atoms with Crippen molar-refractivity contribution in [1.82, 2.24) is 15.0 Å². The van der Waals surface area contributed by atoms with Gasteiger partial charge in [0, 0.05) is 12.5 Å². The molecule has 0 radical (unpaired) electrons. The first-order chi connectivity index (χ1) is 18.6. The van der Waals surface area contributed by atoms with Gasteiger partial charge in [0.05, 0.1) is 53.8 Å². The quantitative estimate of drug-likeness (QED) is 0.242. The summed E-state index contributed by atoms with van der Waals surface area (Å²) in [6.45, 7) is -0.461. The van der Waals surface area contributed by atoms with Gasteiger partial charge in [-0.2, -0.15) is 5.10 Å². The molecule has 1 amide bonds. The van der Waals surface area contributed by atoms with Crippen molar-refractivity contribution in [3.63, 3.8) is 0 Å². The van der Waals surface area contributed by atoms with Crippen LogP contribution in [0.1, 0.15) is 28.6 Å². The summed E-state index contributed by atoms with van der Waals surface area (Å²) in [7, 11) is 3.12. The summed E-state index contributed by atoms with van der Waals surface area (Å²) in [6.07, 6.45) is 4.80. The molecule has 1 aliphatic heterocycles. The van der Waals surface area contributed by atoms with E-state index >= 15 is 0 Å². The lowest BCUT2D eigenvalue weighted by Crippen LogP contribution is -2.31. The zero-order valence-electron chi connectivity index (χ0n) is 20.7. The van der Waals surface area contributed by atoms with Crippen LogP contribution in [0.4, 0.5) is 0 Å². The fraction of sp³-hybridized carbons (Fsp3) is 0.179. The predicted octanol–water partition coefficient (Wildman–Crippen LogP) is 4.64. The van der Waals surface area contributed by atoms with Crippen LogP contribution in [0.15, 0.2) is 77.4 Å². The fourth-order valence-electron chi connectivity index (χ4n) is 4.10. The number of hydrogen-bond acceptors (Lipinski definition) is 9. The van der Waals surface area contributed by atoms with Gasteiger partial charge in [-0.1, -0.05) is 24.3 Å². The van der Waals surface area contributed by atoms with Crippen LogP contribution in [-0.2, 0) is 14.3 Å². The number of thiophene rings is 1. The number of esters is 1. The molecule has 3 heterocycles. The molecule has 0 saturated heterocycles. The van der Waals surface area contributed by atoms with Crippen LogP contribution >= 0.6 is 11.3 Å². The van der Waals surface area contributed by atoms with Crippen molar-refractivity contribution in [2.75, 3.05) is 20.8 Å². The molecule has 0 spiro atoms. The fourth-order valence-corrected chi connectivity index (χ4v) is 4.82. The van der Waals surface area contributed by atoms with Gasteiger partial charge in [-0.3, -0.25) is 9.78 Å². The smallest absolute Gasteiger partial charge is 0.331 e. The average molecular weight is 529 g/mol. The van der Waals surface area contributed by atoms with Gasteiger partial charge in [0.1, 0.15) is 0 Å². The number of hydrogen-bond donors (Lipinski definition) is 0. The number of methoxy groups -OCH3 is 2. The van der Waals surface area contributed by atoms with Crippen LogP contribution < -0.4 is 9.47 Å². The van der Waals surface area contributed by atoms with Gasteiger partial charge in [-0.25, -0.2) is 14.8 Å². The highest BCUT2D eigenvalue weighted by molar-refractivity contribution is 7.12. The third kappa shape index (κ3) is 5.40. The van der Waals surface area contributed by atoms with Crippen molar-refractivity contribution in [3.8, 4) is 11.5 Å². The molecule has 2 aromatic heterocycles. The predicted molar refractivity (Wildman–Crippen MR) is 144 cm³/mol. The molecule has 2 aromatic carbocycles. The highest BCUT2D eigenvalue weighted by atomic mass is 32.1. The summed E-state index contributed by atoms with van der Waals surface area (Å²) in [5.74, 6) is 0.0277. The molecule has 1 atom stereocenters. The lowest BCUT2D eigenvalue weighted by atomic mass is 10.0. The molecular weight excluding hydrogens is 504 g/mol. The van der Waals surface area contributed by atoms with Crippen LogP contribution in [0.25, 0.3) is 17.1 Å². The highest BCUT2D eigenvalue weighted by Crippen LogP contribution is 2.37. The molecular formula is C28H24N4O5S. The number of carbonyl (C=O) groups excluding carboxylic acids is 2. The molecule has 192 valence electrons. The second-order valence-electron chi connectivity index (χ2n) is 8.32. The standard InChI is InChI=1S/C28H24N4O5S/c1-35-24-11-9-18(14-25(24)36-2)23-15-22(26-8-5-13-38-26)31-32(23)27(33)17-37-28(34)12-10-19-16-29-20-6-3-4-7-21(20)30-19/h3-14,16,23H,15,17H2,1-2H3/b12-10+/t23-/m0/s1. The first-order valence-electron chi connectivity index (χ1n) is 11.8. The Labute approximate surface area is 223 Å². The number of fused-ring (bicyclic) bond motifs is 1. The third-order valence-corrected chi connectivity index (χ3v) is 6.88. The van der Waals surface area contributed by atoms with E-state index in [0.29, 0.717) is 29.1 Å². The van der Waals surface area contributed by atoms with E-state index in [1.54, 1.807) is 37.8 Å². The summed E-state index contributed by atoms with van der Waals surface area (Å²) in [6, 6.07) is 16.4. The van der Waals surface area contributed by atoms with Gasteiger partial charge in [0.25, 0.3) is 5.91 Å². The summed E-state index contributed by atoms with van der Waals surface area (Å²) >= 11 is 1.55. The Morgan fingerprint density at radius 2 is 1.87 bits per heavy atom. The van der Waals surface area contributed by atoms with E-state index in [4.69, 9.17) is 14.2 Å². The molecule has 4 aromatic rings. The first-order valence-corrected chi connectivity index (χ1v) is 12.7. The minimum Gasteiger partial charge on any atom is -0.493 e. The highest BCUT2D eigenvalue weighted by Gasteiger charge is 2.34. The van der Waals surface area contributed by atoms with Gasteiger partial charge < -0.3 is 14.2 Å². The maximum absolute atomic E-state index is 13.2. The van der Waals surface area contributed by atoms with Crippen molar-refractivity contribution in [2.45, 2.75) is 12.5 Å². The molecule has 0 fully saturated rings. The second kappa shape index (κ2) is 11.2. The Morgan fingerprint density at radius 1 is 1.05 bits per heavy atom. The van der Waals surface area contributed by atoms with Crippen LogP contribution in [0, 0.1) is 0 Å². The van der Waals surface area contributed by atoms with Gasteiger partial charge in [0.15, 0.2) is 18.1 Å². The molecule has 38 heavy (non-hydrogen) atoms. The molecule has 0 unspecified atom stereocenters. The lowest BCUT2D eigenvalue weighted by Gasteiger charge is -2.22. The topological polar surface area (TPSA) is 103 Å². The molecule has 1 aliphatic rings. The van der Waals surface area contributed by atoms with Crippen molar-refractivity contribution in [3.05, 3.63) is 88.4 Å². The van der Waals surface area contributed by atoms with Crippen LogP contribution in [0.2, 0.25) is 0 Å². The monoisotopic (exact) mass is 528 g/mol. The number of carbonyl (C=O) groups is 2. The van der Waals surface area contributed by atoms with Gasteiger partial charge >= 0.3 is 5.97 Å². The second-order valence-corrected chi connectivity index (χ2v) is 9.27. The van der Waals surface area contributed by atoms with Crippen molar-refractivity contribution >= 4 is 46.0 Å².